The lowest BCUT2D eigenvalue weighted by molar-refractivity contribution is 0.647. The number of aromatic amines is 1. The second-order valence-corrected chi connectivity index (χ2v) is 6.20. The standard InChI is InChI=1S/C20H22N2/c1-15(2)12-17-8-10-18(11-9-17)19-14-21-20(22-19)13-16-6-4-3-5-7-16/h3-11,14-15H,12-13H2,1-2H3,(H,21,22). The molecule has 0 unspecified atom stereocenters. The zero-order valence-electron chi connectivity index (χ0n) is 13.2. The van der Waals surface area contributed by atoms with Gasteiger partial charge in [0, 0.05) is 6.42 Å². The molecule has 0 saturated carbocycles. The van der Waals surface area contributed by atoms with Crippen molar-refractivity contribution < 1.29 is 0 Å². The van der Waals surface area contributed by atoms with Gasteiger partial charge in [0.15, 0.2) is 0 Å². The lowest BCUT2D eigenvalue weighted by atomic mass is 10.0. The molecule has 0 radical (unpaired) electrons. The number of aromatic nitrogens is 2. The molecule has 0 bridgehead atoms. The summed E-state index contributed by atoms with van der Waals surface area (Å²) in [6.07, 6.45) is 3.89. The van der Waals surface area contributed by atoms with Gasteiger partial charge >= 0.3 is 0 Å². The lowest BCUT2D eigenvalue weighted by Gasteiger charge is -2.05. The molecule has 2 aromatic carbocycles. The molecule has 3 rings (SSSR count). The molecule has 2 heteroatoms. The number of hydrogen-bond acceptors (Lipinski definition) is 1. The van der Waals surface area contributed by atoms with Crippen molar-refractivity contribution in [2.45, 2.75) is 26.7 Å². The molecular weight excluding hydrogens is 268 g/mol. The van der Waals surface area contributed by atoms with Gasteiger partial charge < -0.3 is 4.98 Å². The van der Waals surface area contributed by atoms with Crippen molar-refractivity contribution in [2.24, 2.45) is 5.92 Å². The molecule has 1 aromatic heterocycles. The zero-order valence-corrected chi connectivity index (χ0v) is 13.2. The first kappa shape index (κ1) is 14.6. The minimum atomic E-state index is 0.690. The van der Waals surface area contributed by atoms with E-state index >= 15 is 0 Å². The molecule has 0 aliphatic rings. The first-order valence-electron chi connectivity index (χ1n) is 7.88. The van der Waals surface area contributed by atoms with Gasteiger partial charge in [-0.3, -0.25) is 0 Å². The van der Waals surface area contributed by atoms with Crippen LogP contribution >= 0.6 is 0 Å². The van der Waals surface area contributed by atoms with Crippen molar-refractivity contribution in [3.63, 3.8) is 0 Å². The van der Waals surface area contributed by atoms with Gasteiger partial charge in [-0.1, -0.05) is 68.4 Å². The van der Waals surface area contributed by atoms with E-state index in [4.69, 9.17) is 0 Å². The van der Waals surface area contributed by atoms with Crippen LogP contribution in [0, 0.1) is 5.92 Å². The van der Waals surface area contributed by atoms with E-state index in [-0.39, 0.29) is 0 Å². The Labute approximate surface area is 132 Å². The normalized spacial score (nSPS) is 11.0. The van der Waals surface area contributed by atoms with E-state index in [0.717, 1.165) is 24.4 Å². The summed E-state index contributed by atoms with van der Waals surface area (Å²) in [4.78, 5) is 7.93. The molecule has 0 amide bonds. The topological polar surface area (TPSA) is 28.7 Å². The van der Waals surface area contributed by atoms with Crippen molar-refractivity contribution in [3.05, 3.63) is 77.7 Å². The fraction of sp³-hybridized carbons (Fsp3) is 0.250. The molecule has 112 valence electrons. The minimum absolute atomic E-state index is 0.690. The average Bonchev–Trinajstić information content (AvgIpc) is 2.97. The van der Waals surface area contributed by atoms with Gasteiger partial charge in [0.05, 0.1) is 11.9 Å². The summed E-state index contributed by atoms with van der Waals surface area (Å²) < 4.78 is 0. The van der Waals surface area contributed by atoms with E-state index in [9.17, 15) is 0 Å². The van der Waals surface area contributed by atoms with Crippen LogP contribution in [-0.4, -0.2) is 9.97 Å². The summed E-state index contributed by atoms with van der Waals surface area (Å²) in [6.45, 7) is 4.50. The highest BCUT2D eigenvalue weighted by Gasteiger charge is 2.05. The van der Waals surface area contributed by atoms with E-state index in [1.165, 1.54) is 16.7 Å². The number of hydrogen-bond donors (Lipinski definition) is 1. The fourth-order valence-corrected chi connectivity index (χ4v) is 2.68. The van der Waals surface area contributed by atoms with Gasteiger partial charge in [-0.2, -0.15) is 0 Å². The van der Waals surface area contributed by atoms with Crippen molar-refractivity contribution in [1.82, 2.24) is 9.97 Å². The van der Waals surface area contributed by atoms with Crippen LogP contribution in [0.15, 0.2) is 60.8 Å². The third kappa shape index (κ3) is 3.64. The van der Waals surface area contributed by atoms with E-state index in [1.54, 1.807) is 0 Å². The summed E-state index contributed by atoms with van der Waals surface area (Å²) in [7, 11) is 0. The maximum Gasteiger partial charge on any atom is 0.110 e. The van der Waals surface area contributed by atoms with Gasteiger partial charge in [-0.15, -0.1) is 0 Å². The van der Waals surface area contributed by atoms with Crippen molar-refractivity contribution >= 4 is 0 Å². The number of nitrogens with one attached hydrogen (secondary N) is 1. The summed E-state index contributed by atoms with van der Waals surface area (Å²) in [5, 5.41) is 0. The molecule has 1 heterocycles. The van der Waals surface area contributed by atoms with Crippen LogP contribution in [0.1, 0.15) is 30.8 Å². The van der Waals surface area contributed by atoms with E-state index in [0.29, 0.717) is 5.92 Å². The Balaban J connectivity index is 1.73. The predicted octanol–water partition coefficient (Wildman–Crippen LogP) is 4.87. The van der Waals surface area contributed by atoms with Crippen LogP contribution in [0.25, 0.3) is 11.3 Å². The molecule has 2 nitrogen and oxygen atoms in total. The predicted molar refractivity (Wildman–Crippen MR) is 91.8 cm³/mol. The van der Waals surface area contributed by atoms with Crippen LogP contribution in [-0.2, 0) is 12.8 Å². The Hall–Kier alpha value is -2.35. The average molecular weight is 290 g/mol. The lowest BCUT2D eigenvalue weighted by Crippen LogP contribution is -1.93. The van der Waals surface area contributed by atoms with Gasteiger partial charge in [-0.25, -0.2) is 4.98 Å². The monoisotopic (exact) mass is 290 g/mol. The van der Waals surface area contributed by atoms with Gasteiger partial charge in [0.1, 0.15) is 5.82 Å². The Bertz CT molecular complexity index is 709. The maximum absolute atomic E-state index is 4.50. The van der Waals surface area contributed by atoms with Crippen LogP contribution in [0.3, 0.4) is 0 Å². The van der Waals surface area contributed by atoms with Crippen LogP contribution < -0.4 is 0 Å². The van der Waals surface area contributed by atoms with Gasteiger partial charge in [0.25, 0.3) is 0 Å². The van der Waals surface area contributed by atoms with E-state index in [2.05, 4.69) is 72.3 Å². The molecule has 0 spiro atoms. The Morgan fingerprint density at radius 3 is 2.32 bits per heavy atom. The number of benzene rings is 2. The zero-order chi connectivity index (χ0) is 15.4. The highest BCUT2D eigenvalue weighted by atomic mass is 14.9. The van der Waals surface area contributed by atoms with E-state index in [1.807, 2.05) is 12.3 Å². The second-order valence-electron chi connectivity index (χ2n) is 6.20. The van der Waals surface area contributed by atoms with Gasteiger partial charge in [0.2, 0.25) is 0 Å². The smallest absolute Gasteiger partial charge is 0.110 e. The number of imidazole rings is 1. The van der Waals surface area contributed by atoms with Crippen LogP contribution in [0.4, 0.5) is 0 Å². The van der Waals surface area contributed by atoms with Crippen molar-refractivity contribution in [3.8, 4) is 11.3 Å². The summed E-state index contributed by atoms with van der Waals surface area (Å²) in [5.41, 5.74) is 4.94. The molecule has 22 heavy (non-hydrogen) atoms. The SMILES string of the molecule is CC(C)Cc1ccc(-c2cnc(Cc3ccccc3)[nH]2)cc1. The van der Waals surface area contributed by atoms with Crippen molar-refractivity contribution in [1.29, 1.82) is 0 Å². The van der Waals surface area contributed by atoms with Crippen LogP contribution in [0.5, 0.6) is 0 Å². The number of rotatable bonds is 5. The molecule has 3 aromatic rings. The Morgan fingerprint density at radius 2 is 1.64 bits per heavy atom. The summed E-state index contributed by atoms with van der Waals surface area (Å²) in [5.74, 6) is 1.70. The third-order valence-corrected chi connectivity index (χ3v) is 3.75. The fourth-order valence-electron chi connectivity index (χ4n) is 2.68. The highest BCUT2D eigenvalue weighted by molar-refractivity contribution is 5.58. The summed E-state index contributed by atoms with van der Waals surface area (Å²) in [6, 6.07) is 19.2. The second kappa shape index (κ2) is 6.61. The number of nitrogens with zero attached hydrogens (tertiary/aromatic N) is 1. The Kier molecular flexibility index (Phi) is 4.38. The molecule has 0 aliphatic carbocycles. The Morgan fingerprint density at radius 1 is 0.909 bits per heavy atom. The minimum Gasteiger partial charge on any atom is -0.342 e. The molecule has 0 fully saturated rings. The largest absolute Gasteiger partial charge is 0.342 e. The first-order valence-corrected chi connectivity index (χ1v) is 7.88. The van der Waals surface area contributed by atoms with Crippen LogP contribution in [0.2, 0.25) is 0 Å². The molecule has 0 atom stereocenters. The van der Waals surface area contributed by atoms with Gasteiger partial charge in [-0.05, 0) is 29.0 Å². The maximum atomic E-state index is 4.50. The van der Waals surface area contributed by atoms with E-state index < -0.39 is 0 Å². The number of H-pyrrole nitrogens is 1. The molecular formula is C20H22N2. The molecule has 0 saturated heterocycles. The molecule has 0 aliphatic heterocycles. The third-order valence-electron chi connectivity index (χ3n) is 3.75. The van der Waals surface area contributed by atoms with Crippen molar-refractivity contribution in [2.75, 3.05) is 0 Å². The highest BCUT2D eigenvalue weighted by Crippen LogP contribution is 2.20. The quantitative estimate of drug-likeness (QED) is 0.713. The summed E-state index contributed by atoms with van der Waals surface area (Å²) >= 11 is 0. The first-order chi connectivity index (χ1) is 10.7. The molecule has 1 N–H and O–H groups in total.